The molecule has 1 fully saturated rings. The minimum atomic E-state index is -0.0345. The molecule has 1 amide bonds. The van der Waals surface area contributed by atoms with Crippen LogP contribution < -0.4 is 10.6 Å². The molecular formula is C18H29ClN2O. The average Bonchev–Trinajstić information content (AvgIpc) is 2.55. The van der Waals surface area contributed by atoms with Gasteiger partial charge in [0.15, 0.2) is 0 Å². The Hall–Kier alpha value is -1.06. The maximum atomic E-state index is 12.7. The topological polar surface area (TPSA) is 41.1 Å². The van der Waals surface area contributed by atoms with E-state index in [9.17, 15) is 4.79 Å². The molecule has 0 aromatic heterocycles. The van der Waals surface area contributed by atoms with Crippen molar-refractivity contribution in [3.63, 3.8) is 0 Å². The summed E-state index contributed by atoms with van der Waals surface area (Å²) in [6, 6.07) is 10.2. The van der Waals surface area contributed by atoms with Crippen LogP contribution >= 0.6 is 12.4 Å². The number of hydrogen-bond donors (Lipinski definition) is 2. The van der Waals surface area contributed by atoms with Crippen molar-refractivity contribution in [2.24, 2.45) is 11.8 Å². The summed E-state index contributed by atoms with van der Waals surface area (Å²) in [5.74, 6) is 1.09. The van der Waals surface area contributed by atoms with Gasteiger partial charge in [0.25, 0.3) is 0 Å². The Kier molecular flexibility index (Phi) is 8.51. The lowest BCUT2D eigenvalue weighted by atomic mass is 9.84. The zero-order valence-corrected chi connectivity index (χ0v) is 14.5. The van der Waals surface area contributed by atoms with Crippen LogP contribution in [0.5, 0.6) is 0 Å². The first-order valence-corrected chi connectivity index (χ1v) is 8.25. The van der Waals surface area contributed by atoms with Gasteiger partial charge in [-0.1, -0.05) is 50.6 Å². The molecule has 0 bridgehead atoms. The Morgan fingerprint density at radius 2 is 2.09 bits per heavy atom. The summed E-state index contributed by atoms with van der Waals surface area (Å²) >= 11 is 0. The fourth-order valence-corrected chi connectivity index (χ4v) is 3.09. The van der Waals surface area contributed by atoms with Gasteiger partial charge in [-0.15, -0.1) is 12.4 Å². The van der Waals surface area contributed by atoms with Gasteiger partial charge in [0.2, 0.25) is 5.91 Å². The number of carbonyl (C=O) groups excluding carboxylic acids is 1. The van der Waals surface area contributed by atoms with Gasteiger partial charge >= 0.3 is 0 Å². The minimum absolute atomic E-state index is 0. The zero-order valence-electron chi connectivity index (χ0n) is 13.7. The van der Waals surface area contributed by atoms with Crippen molar-refractivity contribution < 1.29 is 4.79 Å². The second kappa shape index (κ2) is 9.86. The van der Waals surface area contributed by atoms with E-state index in [0.29, 0.717) is 11.8 Å². The van der Waals surface area contributed by atoms with Gasteiger partial charge in [-0.2, -0.15) is 0 Å². The summed E-state index contributed by atoms with van der Waals surface area (Å²) < 4.78 is 0. The number of benzene rings is 1. The number of carbonyl (C=O) groups is 1. The minimum Gasteiger partial charge on any atom is -0.355 e. The van der Waals surface area contributed by atoms with E-state index in [2.05, 4.69) is 36.6 Å². The highest BCUT2D eigenvalue weighted by molar-refractivity contribution is 5.85. The van der Waals surface area contributed by atoms with Gasteiger partial charge in [0, 0.05) is 6.54 Å². The molecule has 0 radical (unpaired) electrons. The Labute approximate surface area is 140 Å². The Morgan fingerprint density at radius 3 is 2.68 bits per heavy atom. The van der Waals surface area contributed by atoms with E-state index < -0.39 is 0 Å². The second-order valence-corrected chi connectivity index (χ2v) is 6.23. The van der Waals surface area contributed by atoms with Crippen LogP contribution in [0.4, 0.5) is 0 Å². The van der Waals surface area contributed by atoms with Gasteiger partial charge in [0.1, 0.15) is 0 Å². The Balaban J connectivity index is 0.00000242. The molecular weight excluding hydrogens is 296 g/mol. The molecule has 3 unspecified atom stereocenters. The van der Waals surface area contributed by atoms with E-state index in [1.165, 1.54) is 12.8 Å². The maximum Gasteiger partial charge on any atom is 0.227 e. The van der Waals surface area contributed by atoms with Crippen LogP contribution in [-0.2, 0) is 4.79 Å². The largest absolute Gasteiger partial charge is 0.355 e. The quantitative estimate of drug-likeness (QED) is 0.842. The highest BCUT2D eigenvalue weighted by atomic mass is 35.5. The van der Waals surface area contributed by atoms with Gasteiger partial charge in [-0.3, -0.25) is 4.79 Å². The SMILES string of the molecule is CCC(C)C(C(=O)NCC1CCCNC1)c1ccccc1.Cl. The molecule has 0 saturated carbocycles. The standard InChI is InChI=1S/C18H28N2O.ClH/c1-3-14(2)17(16-9-5-4-6-10-16)18(21)20-13-15-8-7-11-19-12-15;/h4-6,9-10,14-15,17,19H,3,7-8,11-13H2,1-2H3,(H,20,21);1H. The van der Waals surface area contributed by atoms with Gasteiger partial charge < -0.3 is 10.6 Å². The molecule has 2 N–H and O–H groups in total. The lowest BCUT2D eigenvalue weighted by Gasteiger charge is -2.26. The number of rotatable bonds is 6. The van der Waals surface area contributed by atoms with Crippen molar-refractivity contribution >= 4 is 18.3 Å². The highest BCUT2D eigenvalue weighted by Gasteiger charge is 2.26. The molecule has 1 saturated heterocycles. The van der Waals surface area contributed by atoms with E-state index in [4.69, 9.17) is 0 Å². The first-order valence-electron chi connectivity index (χ1n) is 8.25. The summed E-state index contributed by atoms with van der Waals surface area (Å²) in [6.07, 6.45) is 3.44. The molecule has 1 aromatic rings. The van der Waals surface area contributed by atoms with Crippen LogP contribution in [0.15, 0.2) is 30.3 Å². The smallest absolute Gasteiger partial charge is 0.227 e. The van der Waals surface area contributed by atoms with Gasteiger partial charge in [-0.25, -0.2) is 0 Å². The molecule has 1 heterocycles. The molecule has 1 aromatic carbocycles. The molecule has 3 atom stereocenters. The number of amides is 1. The Bertz CT molecular complexity index is 432. The van der Waals surface area contributed by atoms with Crippen molar-refractivity contribution in [1.82, 2.24) is 10.6 Å². The summed E-state index contributed by atoms with van der Waals surface area (Å²) in [4.78, 5) is 12.7. The third kappa shape index (κ3) is 5.29. The first-order chi connectivity index (χ1) is 10.2. The van der Waals surface area contributed by atoms with Crippen molar-refractivity contribution in [2.75, 3.05) is 19.6 Å². The van der Waals surface area contributed by atoms with E-state index >= 15 is 0 Å². The molecule has 22 heavy (non-hydrogen) atoms. The lowest BCUT2D eigenvalue weighted by molar-refractivity contribution is -0.123. The third-order valence-corrected chi connectivity index (χ3v) is 4.62. The monoisotopic (exact) mass is 324 g/mol. The van der Waals surface area contributed by atoms with Crippen LogP contribution in [-0.4, -0.2) is 25.5 Å². The van der Waals surface area contributed by atoms with Crippen LogP contribution in [0.2, 0.25) is 0 Å². The number of hydrogen-bond acceptors (Lipinski definition) is 2. The zero-order chi connectivity index (χ0) is 15.1. The van der Waals surface area contributed by atoms with Crippen LogP contribution in [0.25, 0.3) is 0 Å². The number of nitrogens with one attached hydrogen (secondary N) is 2. The molecule has 4 heteroatoms. The summed E-state index contributed by atoms with van der Waals surface area (Å²) in [6.45, 7) is 7.26. The summed E-state index contributed by atoms with van der Waals surface area (Å²) in [7, 11) is 0. The molecule has 1 aliphatic rings. The lowest BCUT2D eigenvalue weighted by Crippen LogP contribution is -2.40. The molecule has 0 aliphatic carbocycles. The van der Waals surface area contributed by atoms with E-state index in [1.807, 2.05) is 18.2 Å². The van der Waals surface area contributed by atoms with E-state index in [1.54, 1.807) is 0 Å². The molecule has 124 valence electrons. The normalized spacial score (nSPS) is 20.5. The van der Waals surface area contributed by atoms with Gasteiger partial charge in [-0.05, 0) is 43.3 Å². The summed E-state index contributed by atoms with van der Waals surface area (Å²) in [5.41, 5.74) is 1.13. The van der Waals surface area contributed by atoms with E-state index in [0.717, 1.165) is 31.6 Å². The van der Waals surface area contributed by atoms with Crippen LogP contribution in [0.1, 0.15) is 44.6 Å². The predicted octanol–water partition coefficient (Wildman–Crippen LogP) is 3.35. The van der Waals surface area contributed by atoms with Crippen molar-refractivity contribution in [3.05, 3.63) is 35.9 Å². The first kappa shape index (κ1) is 19.0. The number of piperidine rings is 1. The third-order valence-electron chi connectivity index (χ3n) is 4.62. The summed E-state index contributed by atoms with van der Waals surface area (Å²) in [5, 5.41) is 6.59. The van der Waals surface area contributed by atoms with Crippen LogP contribution in [0, 0.1) is 11.8 Å². The highest BCUT2D eigenvalue weighted by Crippen LogP contribution is 2.27. The molecule has 0 spiro atoms. The predicted molar refractivity (Wildman–Crippen MR) is 94.5 cm³/mol. The molecule has 3 nitrogen and oxygen atoms in total. The number of halogens is 1. The fraction of sp³-hybridized carbons (Fsp3) is 0.611. The molecule has 2 rings (SSSR count). The maximum absolute atomic E-state index is 12.7. The van der Waals surface area contributed by atoms with Crippen LogP contribution in [0.3, 0.4) is 0 Å². The fourth-order valence-electron chi connectivity index (χ4n) is 3.09. The average molecular weight is 325 g/mol. The van der Waals surface area contributed by atoms with E-state index in [-0.39, 0.29) is 24.2 Å². The van der Waals surface area contributed by atoms with Crippen molar-refractivity contribution in [2.45, 2.75) is 39.0 Å². The Morgan fingerprint density at radius 1 is 1.36 bits per heavy atom. The second-order valence-electron chi connectivity index (χ2n) is 6.23. The molecule has 1 aliphatic heterocycles. The van der Waals surface area contributed by atoms with Gasteiger partial charge in [0.05, 0.1) is 5.92 Å². The van der Waals surface area contributed by atoms with Crippen molar-refractivity contribution in [3.8, 4) is 0 Å². The van der Waals surface area contributed by atoms with Crippen molar-refractivity contribution in [1.29, 1.82) is 0 Å².